The normalized spacial score (nSPS) is 17.4. The summed E-state index contributed by atoms with van der Waals surface area (Å²) in [4.78, 5) is 1.32. The number of anilines is 2. The number of nitrogens with one attached hydrogen (secondary N) is 2. The zero-order valence-corrected chi connectivity index (χ0v) is 14.8. The molecule has 2 N–H and O–H groups in total. The SMILES string of the molecule is Cc1ccc(N[C@H]2CCSc3ccccc32)cc1NS(C)(=O)=O. The molecule has 0 unspecified atom stereocenters. The molecule has 6 heteroatoms. The molecule has 1 aliphatic rings. The fourth-order valence-electron chi connectivity index (χ4n) is 2.71. The minimum Gasteiger partial charge on any atom is -0.378 e. The van der Waals surface area contributed by atoms with Crippen molar-refractivity contribution in [1.82, 2.24) is 0 Å². The van der Waals surface area contributed by atoms with Crippen molar-refractivity contribution in [3.63, 3.8) is 0 Å². The number of hydrogen-bond donors (Lipinski definition) is 2. The van der Waals surface area contributed by atoms with Crippen molar-refractivity contribution >= 4 is 33.2 Å². The van der Waals surface area contributed by atoms with E-state index in [1.54, 1.807) is 0 Å². The van der Waals surface area contributed by atoms with Gasteiger partial charge >= 0.3 is 0 Å². The van der Waals surface area contributed by atoms with Gasteiger partial charge in [0, 0.05) is 16.3 Å². The molecule has 0 saturated carbocycles. The summed E-state index contributed by atoms with van der Waals surface area (Å²) in [7, 11) is -3.28. The van der Waals surface area contributed by atoms with Crippen LogP contribution in [0.4, 0.5) is 11.4 Å². The number of rotatable bonds is 4. The van der Waals surface area contributed by atoms with Gasteiger partial charge in [0.1, 0.15) is 0 Å². The van der Waals surface area contributed by atoms with Crippen LogP contribution in [0.1, 0.15) is 23.6 Å². The molecule has 0 aliphatic carbocycles. The Morgan fingerprint density at radius 1 is 1.17 bits per heavy atom. The van der Waals surface area contributed by atoms with Crippen molar-refractivity contribution in [2.75, 3.05) is 22.0 Å². The Bertz CT molecular complexity index is 819. The van der Waals surface area contributed by atoms with Crippen LogP contribution in [0, 0.1) is 6.92 Å². The molecular formula is C17H20N2O2S2. The molecule has 0 radical (unpaired) electrons. The first-order valence-electron chi connectivity index (χ1n) is 7.49. The molecule has 1 aliphatic heterocycles. The molecule has 0 amide bonds. The molecule has 122 valence electrons. The van der Waals surface area contributed by atoms with E-state index in [9.17, 15) is 8.42 Å². The van der Waals surface area contributed by atoms with E-state index >= 15 is 0 Å². The van der Waals surface area contributed by atoms with Crippen LogP contribution < -0.4 is 10.0 Å². The standard InChI is InChI=1S/C17H20N2O2S2/c1-12-7-8-13(11-16(12)19-23(2,20)21)18-15-9-10-22-17-6-4-3-5-14(15)17/h3-8,11,15,18-19H,9-10H2,1-2H3/t15-/m0/s1. The quantitative estimate of drug-likeness (QED) is 0.876. The van der Waals surface area contributed by atoms with Crippen molar-refractivity contribution in [2.24, 2.45) is 0 Å². The second kappa shape index (κ2) is 6.45. The molecule has 0 saturated heterocycles. The van der Waals surface area contributed by atoms with Gasteiger partial charge in [0.25, 0.3) is 0 Å². The first kappa shape index (κ1) is 16.2. The Labute approximate surface area is 141 Å². The van der Waals surface area contributed by atoms with Crippen molar-refractivity contribution in [1.29, 1.82) is 0 Å². The molecule has 0 bridgehead atoms. The smallest absolute Gasteiger partial charge is 0.229 e. The number of sulfonamides is 1. The summed E-state index contributed by atoms with van der Waals surface area (Å²) < 4.78 is 25.5. The van der Waals surface area contributed by atoms with Crippen molar-refractivity contribution < 1.29 is 8.42 Å². The van der Waals surface area contributed by atoms with Gasteiger partial charge in [-0.1, -0.05) is 24.3 Å². The molecule has 2 aromatic carbocycles. The fraction of sp³-hybridized carbons (Fsp3) is 0.294. The second-order valence-electron chi connectivity index (χ2n) is 5.78. The number of thioether (sulfide) groups is 1. The van der Waals surface area contributed by atoms with E-state index in [-0.39, 0.29) is 6.04 Å². The van der Waals surface area contributed by atoms with Crippen LogP contribution in [0.25, 0.3) is 0 Å². The fourth-order valence-corrected chi connectivity index (χ4v) is 4.46. The van der Waals surface area contributed by atoms with E-state index in [4.69, 9.17) is 0 Å². The predicted molar refractivity (Wildman–Crippen MR) is 97.8 cm³/mol. The van der Waals surface area contributed by atoms with Crippen molar-refractivity contribution in [2.45, 2.75) is 24.3 Å². The van der Waals surface area contributed by atoms with E-state index in [1.165, 1.54) is 16.7 Å². The van der Waals surface area contributed by atoms with Crippen LogP contribution in [0.5, 0.6) is 0 Å². The van der Waals surface area contributed by atoms with Gasteiger partial charge in [-0.3, -0.25) is 4.72 Å². The van der Waals surface area contributed by atoms with E-state index in [2.05, 4.69) is 34.3 Å². The Morgan fingerprint density at radius 3 is 2.74 bits per heavy atom. The third-order valence-corrected chi connectivity index (χ3v) is 5.55. The lowest BCUT2D eigenvalue weighted by atomic mass is 10.0. The van der Waals surface area contributed by atoms with Crippen LogP contribution in [0.15, 0.2) is 47.4 Å². The molecule has 0 spiro atoms. The van der Waals surface area contributed by atoms with Crippen LogP contribution in [0.3, 0.4) is 0 Å². The Kier molecular flexibility index (Phi) is 4.55. The summed E-state index contributed by atoms with van der Waals surface area (Å²) >= 11 is 1.88. The van der Waals surface area contributed by atoms with Crippen molar-refractivity contribution in [3.8, 4) is 0 Å². The third-order valence-electron chi connectivity index (χ3n) is 3.83. The second-order valence-corrected chi connectivity index (χ2v) is 8.66. The largest absolute Gasteiger partial charge is 0.378 e. The average molecular weight is 348 g/mol. The van der Waals surface area contributed by atoms with E-state index in [0.29, 0.717) is 5.69 Å². The Morgan fingerprint density at radius 2 is 1.96 bits per heavy atom. The third kappa shape index (κ3) is 4.00. The molecule has 1 atom stereocenters. The zero-order valence-electron chi connectivity index (χ0n) is 13.2. The number of fused-ring (bicyclic) bond motifs is 1. The van der Waals surface area contributed by atoms with Crippen LogP contribution in [0.2, 0.25) is 0 Å². The highest BCUT2D eigenvalue weighted by Crippen LogP contribution is 2.38. The van der Waals surface area contributed by atoms with Gasteiger partial charge in [-0.15, -0.1) is 11.8 Å². The summed E-state index contributed by atoms with van der Waals surface area (Å²) in [6, 6.07) is 14.5. The first-order valence-corrected chi connectivity index (χ1v) is 10.4. The number of hydrogen-bond acceptors (Lipinski definition) is 4. The summed E-state index contributed by atoms with van der Waals surface area (Å²) in [6.07, 6.45) is 2.21. The van der Waals surface area contributed by atoms with Gasteiger partial charge in [-0.2, -0.15) is 0 Å². The zero-order chi connectivity index (χ0) is 16.4. The monoisotopic (exact) mass is 348 g/mol. The molecule has 4 nitrogen and oxygen atoms in total. The topological polar surface area (TPSA) is 58.2 Å². The minimum atomic E-state index is -3.28. The predicted octanol–water partition coefficient (Wildman–Crippen LogP) is 4.02. The van der Waals surface area contributed by atoms with Gasteiger partial charge in [0.15, 0.2) is 0 Å². The molecule has 23 heavy (non-hydrogen) atoms. The first-order chi connectivity index (χ1) is 10.9. The van der Waals surface area contributed by atoms with E-state index < -0.39 is 10.0 Å². The van der Waals surface area contributed by atoms with Gasteiger partial charge < -0.3 is 5.32 Å². The maximum Gasteiger partial charge on any atom is 0.229 e. The highest BCUT2D eigenvalue weighted by atomic mass is 32.2. The Hall–Kier alpha value is -1.66. The molecule has 2 aromatic rings. The van der Waals surface area contributed by atoms with Crippen LogP contribution >= 0.6 is 11.8 Å². The van der Waals surface area contributed by atoms with Crippen molar-refractivity contribution in [3.05, 3.63) is 53.6 Å². The van der Waals surface area contributed by atoms with E-state index in [1.807, 2.05) is 36.9 Å². The maximum atomic E-state index is 11.5. The van der Waals surface area contributed by atoms with Gasteiger partial charge in [0.2, 0.25) is 10.0 Å². The van der Waals surface area contributed by atoms with Gasteiger partial charge in [0.05, 0.1) is 18.0 Å². The molecule has 0 aromatic heterocycles. The van der Waals surface area contributed by atoms with Gasteiger partial charge in [-0.05, 0) is 42.7 Å². The number of aryl methyl sites for hydroxylation is 1. The lowest BCUT2D eigenvalue weighted by Crippen LogP contribution is -2.16. The highest BCUT2D eigenvalue weighted by Gasteiger charge is 2.20. The number of benzene rings is 2. The summed E-state index contributed by atoms with van der Waals surface area (Å²) in [6.45, 7) is 1.89. The Balaban J connectivity index is 1.85. The lowest BCUT2D eigenvalue weighted by Gasteiger charge is -2.27. The molecular weight excluding hydrogens is 328 g/mol. The summed E-state index contributed by atoms with van der Waals surface area (Å²) in [5, 5.41) is 3.54. The summed E-state index contributed by atoms with van der Waals surface area (Å²) in [5.41, 5.74) is 3.76. The van der Waals surface area contributed by atoms with Crippen LogP contribution in [-0.4, -0.2) is 20.4 Å². The maximum absolute atomic E-state index is 11.5. The molecule has 0 fully saturated rings. The lowest BCUT2D eigenvalue weighted by molar-refractivity contribution is 0.607. The molecule has 3 rings (SSSR count). The minimum absolute atomic E-state index is 0.251. The van der Waals surface area contributed by atoms with E-state index in [0.717, 1.165) is 23.4 Å². The van der Waals surface area contributed by atoms with Gasteiger partial charge in [-0.25, -0.2) is 8.42 Å². The molecule has 1 heterocycles. The highest BCUT2D eigenvalue weighted by molar-refractivity contribution is 7.99. The summed E-state index contributed by atoms with van der Waals surface area (Å²) in [5.74, 6) is 1.08. The van der Waals surface area contributed by atoms with Crippen LogP contribution in [-0.2, 0) is 10.0 Å². The average Bonchev–Trinajstić information content (AvgIpc) is 2.50.